The van der Waals surface area contributed by atoms with Crippen molar-refractivity contribution >= 4 is 5.97 Å². The summed E-state index contributed by atoms with van der Waals surface area (Å²) in [5, 5.41) is 0. The van der Waals surface area contributed by atoms with Crippen LogP contribution >= 0.6 is 0 Å². The standard InChI is InChI=1S/C10H12N2O2/c1-3-8(10(13)14-4-2)5-9-6-11-7-12-9/h1,6-8H,4-5H2,2H3,(H,11,12). The first-order chi connectivity index (χ1) is 6.77. The van der Waals surface area contributed by atoms with Gasteiger partial charge in [-0.2, -0.15) is 0 Å². The summed E-state index contributed by atoms with van der Waals surface area (Å²) in [6.45, 7) is 2.09. The molecule has 0 amide bonds. The van der Waals surface area contributed by atoms with Crippen molar-refractivity contribution in [2.24, 2.45) is 5.92 Å². The van der Waals surface area contributed by atoms with Crippen molar-refractivity contribution in [2.75, 3.05) is 6.61 Å². The number of aromatic amines is 1. The summed E-state index contributed by atoms with van der Waals surface area (Å²) < 4.78 is 4.82. The molecule has 14 heavy (non-hydrogen) atoms. The zero-order valence-electron chi connectivity index (χ0n) is 7.99. The fourth-order valence-corrected chi connectivity index (χ4v) is 1.06. The lowest BCUT2D eigenvalue weighted by molar-refractivity contribution is -0.145. The van der Waals surface area contributed by atoms with E-state index >= 15 is 0 Å². The van der Waals surface area contributed by atoms with E-state index in [2.05, 4.69) is 15.9 Å². The Hall–Kier alpha value is -1.76. The van der Waals surface area contributed by atoms with Crippen LogP contribution in [0.3, 0.4) is 0 Å². The van der Waals surface area contributed by atoms with E-state index in [1.807, 2.05) is 0 Å². The fourth-order valence-electron chi connectivity index (χ4n) is 1.06. The molecule has 4 nitrogen and oxygen atoms in total. The number of ether oxygens (including phenoxy) is 1. The average molecular weight is 192 g/mol. The predicted molar refractivity (Wildman–Crippen MR) is 51.2 cm³/mol. The molecular weight excluding hydrogens is 180 g/mol. The second-order valence-electron chi connectivity index (χ2n) is 2.74. The zero-order chi connectivity index (χ0) is 10.4. The van der Waals surface area contributed by atoms with Gasteiger partial charge in [0.15, 0.2) is 0 Å². The summed E-state index contributed by atoms with van der Waals surface area (Å²) in [6.07, 6.45) is 8.91. The van der Waals surface area contributed by atoms with E-state index in [0.29, 0.717) is 13.0 Å². The number of imidazole rings is 1. The van der Waals surface area contributed by atoms with E-state index in [4.69, 9.17) is 11.2 Å². The Morgan fingerprint density at radius 1 is 1.86 bits per heavy atom. The SMILES string of the molecule is C#CC(Cc1c[nH]cn1)C(=O)OCC. The smallest absolute Gasteiger partial charge is 0.321 e. The number of hydrogen-bond donors (Lipinski definition) is 1. The summed E-state index contributed by atoms with van der Waals surface area (Å²) in [7, 11) is 0. The van der Waals surface area contributed by atoms with Crippen LogP contribution in [-0.4, -0.2) is 22.5 Å². The first-order valence-electron chi connectivity index (χ1n) is 4.38. The molecule has 0 aromatic carbocycles. The second-order valence-corrected chi connectivity index (χ2v) is 2.74. The number of esters is 1. The Morgan fingerprint density at radius 2 is 2.64 bits per heavy atom. The van der Waals surface area contributed by atoms with Crippen molar-refractivity contribution in [3.63, 3.8) is 0 Å². The molecule has 0 saturated carbocycles. The third kappa shape index (κ3) is 2.63. The molecule has 0 fully saturated rings. The number of carbonyl (C=O) groups excluding carboxylic acids is 1. The van der Waals surface area contributed by atoms with Gasteiger partial charge in [0, 0.05) is 12.6 Å². The molecule has 0 saturated heterocycles. The molecule has 1 atom stereocenters. The number of nitrogens with zero attached hydrogens (tertiary/aromatic N) is 1. The van der Waals surface area contributed by atoms with Crippen molar-refractivity contribution in [3.8, 4) is 12.3 Å². The Balaban J connectivity index is 2.56. The molecule has 4 heteroatoms. The molecule has 1 unspecified atom stereocenters. The number of rotatable bonds is 4. The molecule has 0 aliphatic carbocycles. The number of aromatic nitrogens is 2. The van der Waals surface area contributed by atoms with Crippen molar-refractivity contribution in [2.45, 2.75) is 13.3 Å². The maximum absolute atomic E-state index is 11.3. The lowest BCUT2D eigenvalue weighted by Crippen LogP contribution is -2.18. The Bertz CT molecular complexity index is 324. The summed E-state index contributed by atoms with van der Waals surface area (Å²) in [5.41, 5.74) is 0.765. The van der Waals surface area contributed by atoms with Gasteiger partial charge in [0.05, 0.1) is 18.6 Å². The van der Waals surface area contributed by atoms with Crippen LogP contribution < -0.4 is 0 Å². The van der Waals surface area contributed by atoms with Crippen LogP contribution in [0.25, 0.3) is 0 Å². The van der Waals surface area contributed by atoms with Gasteiger partial charge in [0.25, 0.3) is 0 Å². The Labute approximate surface area is 82.7 Å². The summed E-state index contributed by atoms with van der Waals surface area (Å²) in [5.74, 6) is 1.49. The van der Waals surface area contributed by atoms with Crippen LogP contribution in [0.1, 0.15) is 12.6 Å². The zero-order valence-corrected chi connectivity index (χ0v) is 7.99. The van der Waals surface area contributed by atoms with E-state index in [9.17, 15) is 4.79 Å². The summed E-state index contributed by atoms with van der Waals surface area (Å²) in [6, 6.07) is 0. The molecule has 1 aromatic heterocycles. The highest BCUT2D eigenvalue weighted by Crippen LogP contribution is 2.06. The third-order valence-corrected chi connectivity index (χ3v) is 1.74. The number of terminal acetylenes is 1. The van der Waals surface area contributed by atoms with E-state index in [1.165, 1.54) is 0 Å². The maximum atomic E-state index is 11.3. The van der Waals surface area contributed by atoms with Crippen LogP contribution in [-0.2, 0) is 16.0 Å². The molecule has 74 valence electrons. The van der Waals surface area contributed by atoms with E-state index in [-0.39, 0.29) is 5.97 Å². The molecule has 1 N–H and O–H groups in total. The van der Waals surface area contributed by atoms with Crippen molar-refractivity contribution in [3.05, 3.63) is 18.2 Å². The molecule has 0 aliphatic rings. The van der Waals surface area contributed by atoms with Gasteiger partial charge in [-0.1, -0.05) is 5.92 Å². The van der Waals surface area contributed by atoms with Crippen LogP contribution in [0.5, 0.6) is 0 Å². The minimum Gasteiger partial charge on any atom is -0.465 e. The number of nitrogens with one attached hydrogen (secondary N) is 1. The summed E-state index contributed by atoms with van der Waals surface area (Å²) >= 11 is 0. The van der Waals surface area contributed by atoms with Crippen molar-refractivity contribution in [1.29, 1.82) is 0 Å². The van der Waals surface area contributed by atoms with Gasteiger partial charge in [-0.3, -0.25) is 4.79 Å². The average Bonchev–Trinajstić information content (AvgIpc) is 2.66. The Morgan fingerprint density at radius 3 is 3.14 bits per heavy atom. The quantitative estimate of drug-likeness (QED) is 0.566. The summed E-state index contributed by atoms with van der Waals surface area (Å²) in [4.78, 5) is 18.1. The topological polar surface area (TPSA) is 55.0 Å². The van der Waals surface area contributed by atoms with Gasteiger partial charge in [0.2, 0.25) is 0 Å². The monoisotopic (exact) mass is 192 g/mol. The minimum absolute atomic E-state index is 0.345. The van der Waals surface area contributed by atoms with Gasteiger partial charge in [-0.05, 0) is 6.92 Å². The minimum atomic E-state index is -0.543. The van der Waals surface area contributed by atoms with Crippen LogP contribution in [0.2, 0.25) is 0 Å². The number of H-pyrrole nitrogens is 1. The van der Waals surface area contributed by atoms with Crippen molar-refractivity contribution < 1.29 is 9.53 Å². The highest BCUT2D eigenvalue weighted by atomic mass is 16.5. The lowest BCUT2D eigenvalue weighted by atomic mass is 10.1. The van der Waals surface area contributed by atoms with E-state index < -0.39 is 5.92 Å². The second kappa shape index (κ2) is 5.07. The first kappa shape index (κ1) is 10.3. The molecule has 0 bridgehead atoms. The molecule has 0 aliphatic heterocycles. The van der Waals surface area contributed by atoms with Crippen LogP contribution in [0.15, 0.2) is 12.5 Å². The van der Waals surface area contributed by atoms with Gasteiger partial charge < -0.3 is 9.72 Å². The molecular formula is C10H12N2O2. The van der Waals surface area contributed by atoms with Crippen LogP contribution in [0.4, 0.5) is 0 Å². The molecule has 0 radical (unpaired) electrons. The number of carbonyl (C=O) groups is 1. The Kier molecular flexibility index (Phi) is 3.74. The maximum Gasteiger partial charge on any atom is 0.321 e. The molecule has 1 heterocycles. The van der Waals surface area contributed by atoms with E-state index in [0.717, 1.165) is 5.69 Å². The van der Waals surface area contributed by atoms with Gasteiger partial charge >= 0.3 is 5.97 Å². The largest absolute Gasteiger partial charge is 0.465 e. The highest BCUT2D eigenvalue weighted by molar-refractivity contribution is 5.75. The van der Waals surface area contributed by atoms with Gasteiger partial charge in [-0.25, -0.2) is 4.98 Å². The molecule has 1 aromatic rings. The normalized spacial score (nSPS) is 11.7. The predicted octanol–water partition coefficient (Wildman–Crippen LogP) is 0.765. The third-order valence-electron chi connectivity index (χ3n) is 1.74. The molecule has 0 spiro atoms. The van der Waals surface area contributed by atoms with Crippen LogP contribution in [0, 0.1) is 18.3 Å². The van der Waals surface area contributed by atoms with Gasteiger partial charge in [-0.15, -0.1) is 6.42 Å². The lowest BCUT2D eigenvalue weighted by Gasteiger charge is -2.07. The van der Waals surface area contributed by atoms with E-state index in [1.54, 1.807) is 19.4 Å². The number of hydrogen-bond acceptors (Lipinski definition) is 3. The fraction of sp³-hybridized carbons (Fsp3) is 0.400. The van der Waals surface area contributed by atoms with Crippen molar-refractivity contribution in [1.82, 2.24) is 9.97 Å². The molecule has 1 rings (SSSR count). The highest BCUT2D eigenvalue weighted by Gasteiger charge is 2.18. The van der Waals surface area contributed by atoms with Gasteiger partial charge in [0.1, 0.15) is 5.92 Å². The first-order valence-corrected chi connectivity index (χ1v) is 4.38.